The molecule has 1 aliphatic heterocycles. The summed E-state index contributed by atoms with van der Waals surface area (Å²) in [6, 6.07) is 22.8. The van der Waals surface area contributed by atoms with Gasteiger partial charge >= 0.3 is 5.97 Å². The van der Waals surface area contributed by atoms with Crippen molar-refractivity contribution >= 4 is 22.7 Å². The highest BCUT2D eigenvalue weighted by atomic mass is 16.7. The second kappa shape index (κ2) is 8.92. The van der Waals surface area contributed by atoms with E-state index in [0.29, 0.717) is 0 Å². The Morgan fingerprint density at radius 3 is 2.63 bits per heavy atom. The lowest BCUT2D eigenvalue weighted by Crippen LogP contribution is -2.29. The van der Waals surface area contributed by atoms with Crippen molar-refractivity contribution in [3.8, 4) is 11.1 Å². The average Bonchev–Trinajstić information content (AvgIpc) is 3.27. The van der Waals surface area contributed by atoms with Crippen LogP contribution < -0.4 is 0 Å². The van der Waals surface area contributed by atoms with Crippen LogP contribution in [0.3, 0.4) is 0 Å². The van der Waals surface area contributed by atoms with Gasteiger partial charge in [0, 0.05) is 23.9 Å². The van der Waals surface area contributed by atoms with Crippen molar-refractivity contribution in [2.24, 2.45) is 11.0 Å². The minimum absolute atomic E-state index is 0.0552. The quantitative estimate of drug-likeness (QED) is 0.431. The van der Waals surface area contributed by atoms with Crippen LogP contribution >= 0.6 is 0 Å². The van der Waals surface area contributed by atoms with Crippen LogP contribution in [0, 0.1) is 5.92 Å². The lowest BCUT2D eigenvalue weighted by Gasteiger charge is -2.30. The number of nitrogens with zero attached hydrogens (tertiary/aromatic N) is 4. The second-order valence-corrected chi connectivity index (χ2v) is 8.90. The molecule has 2 atom stereocenters. The van der Waals surface area contributed by atoms with Gasteiger partial charge in [-0.25, -0.2) is 0 Å². The maximum Gasteiger partial charge on any atom is 0.305 e. The first kappa shape index (κ1) is 21.4. The van der Waals surface area contributed by atoms with E-state index in [0.717, 1.165) is 51.8 Å². The third-order valence-electron chi connectivity index (χ3n) is 6.77. The summed E-state index contributed by atoms with van der Waals surface area (Å²) in [7, 11) is 0. The van der Waals surface area contributed by atoms with E-state index >= 15 is 0 Å². The predicted molar refractivity (Wildman–Crippen MR) is 133 cm³/mol. The number of hydrogen-bond acceptors (Lipinski definition) is 6. The number of aryl methyl sites for hydroxylation is 1. The molecule has 0 spiro atoms. The number of hydroxylamine groups is 1. The normalized spacial score (nSPS) is 18.7. The Bertz CT molecular complexity index is 1440. The van der Waals surface area contributed by atoms with Crippen molar-refractivity contribution in [3.05, 3.63) is 95.8 Å². The second-order valence-electron chi connectivity index (χ2n) is 8.90. The van der Waals surface area contributed by atoms with Gasteiger partial charge in [0.1, 0.15) is 6.04 Å². The molecule has 3 aromatic carbocycles. The van der Waals surface area contributed by atoms with Gasteiger partial charge in [-0.15, -0.1) is 0 Å². The van der Waals surface area contributed by atoms with Crippen molar-refractivity contribution in [3.63, 3.8) is 0 Å². The number of rotatable bonds is 6. The van der Waals surface area contributed by atoms with E-state index in [9.17, 15) is 4.79 Å². The van der Waals surface area contributed by atoms with Crippen LogP contribution in [0.15, 0.2) is 84.2 Å². The zero-order valence-corrected chi connectivity index (χ0v) is 19.0. The first-order chi connectivity index (χ1) is 17.2. The van der Waals surface area contributed by atoms with E-state index in [-0.39, 0.29) is 25.0 Å². The molecule has 0 saturated heterocycles. The molecule has 4 aromatic rings. The number of aromatic nitrogens is 2. The van der Waals surface area contributed by atoms with Crippen LogP contribution in [0.1, 0.15) is 35.6 Å². The largest absolute Gasteiger partial charge is 0.481 e. The fourth-order valence-electron chi connectivity index (χ4n) is 5.11. The molecule has 0 amide bonds. The molecule has 0 fully saturated rings. The minimum atomic E-state index is -0.898. The smallest absolute Gasteiger partial charge is 0.305 e. The Kier molecular flexibility index (Phi) is 5.47. The number of carboxylic acids is 1. The van der Waals surface area contributed by atoms with Gasteiger partial charge in [0.05, 0.1) is 29.8 Å². The standard InChI is InChI=1S/C28H24N4O3/c33-26(34)12-15-35-32-28(21-9-11-24-25(17-21)30-14-13-29-24)22-10-8-19-6-7-20(16-23(19)27(22)31-32)18-4-2-1-3-5-18/h1-7,9,11,13-14,16-17,22,28H,8,10,12,15H2,(H,33,34). The summed E-state index contributed by atoms with van der Waals surface area (Å²) >= 11 is 0. The van der Waals surface area contributed by atoms with Crippen LogP contribution in [0.5, 0.6) is 0 Å². The summed E-state index contributed by atoms with van der Waals surface area (Å²) in [6.45, 7) is 0.0552. The molecule has 1 N–H and O–H groups in total. The first-order valence-corrected chi connectivity index (χ1v) is 11.8. The Morgan fingerprint density at radius 1 is 0.971 bits per heavy atom. The summed E-state index contributed by atoms with van der Waals surface area (Å²) in [5, 5.41) is 15.6. The van der Waals surface area contributed by atoms with Gasteiger partial charge in [0.15, 0.2) is 0 Å². The Hall–Kier alpha value is -4.10. The highest BCUT2D eigenvalue weighted by Gasteiger charge is 2.42. The fraction of sp³-hybridized carbons (Fsp3) is 0.214. The Balaban J connectivity index is 1.40. The Morgan fingerprint density at radius 2 is 1.80 bits per heavy atom. The third kappa shape index (κ3) is 4.04. The van der Waals surface area contributed by atoms with Crippen molar-refractivity contribution in [2.75, 3.05) is 6.61 Å². The number of hydrazone groups is 1. The summed E-state index contributed by atoms with van der Waals surface area (Å²) in [5.74, 6) is -0.780. The molecular formula is C28H24N4O3. The van der Waals surface area contributed by atoms with Gasteiger partial charge in [-0.1, -0.05) is 48.5 Å². The zero-order chi connectivity index (χ0) is 23.8. The number of carboxylic acid groups (broad SMARTS) is 1. The molecule has 35 heavy (non-hydrogen) atoms. The van der Waals surface area contributed by atoms with Gasteiger partial charge in [-0.3, -0.25) is 19.6 Å². The first-order valence-electron chi connectivity index (χ1n) is 11.8. The lowest BCUT2D eigenvalue weighted by atomic mass is 9.77. The van der Waals surface area contributed by atoms with Crippen molar-refractivity contribution in [2.45, 2.75) is 25.3 Å². The molecule has 1 aromatic heterocycles. The zero-order valence-electron chi connectivity index (χ0n) is 19.0. The van der Waals surface area contributed by atoms with Gasteiger partial charge < -0.3 is 5.11 Å². The minimum Gasteiger partial charge on any atom is -0.481 e. The van der Waals surface area contributed by atoms with E-state index in [1.54, 1.807) is 17.6 Å². The van der Waals surface area contributed by atoms with Crippen LogP contribution in [0.4, 0.5) is 0 Å². The number of aliphatic carboxylic acids is 1. The van der Waals surface area contributed by atoms with E-state index in [1.807, 2.05) is 36.4 Å². The predicted octanol–water partition coefficient (Wildman–Crippen LogP) is 5.03. The fourth-order valence-corrected chi connectivity index (χ4v) is 5.11. The SMILES string of the molecule is O=C(O)CCON1N=C2c3cc(-c4ccccc4)ccc3CCC2C1c1ccc2nccnc2c1. The molecule has 1 aliphatic carbocycles. The molecule has 6 rings (SSSR count). The van der Waals surface area contributed by atoms with Gasteiger partial charge in [0.25, 0.3) is 0 Å². The summed E-state index contributed by atoms with van der Waals surface area (Å²) in [6.07, 6.45) is 5.16. The maximum absolute atomic E-state index is 11.1. The van der Waals surface area contributed by atoms with Crippen LogP contribution in [0.25, 0.3) is 22.2 Å². The number of hydrogen-bond donors (Lipinski definition) is 1. The maximum atomic E-state index is 11.1. The molecular weight excluding hydrogens is 440 g/mol. The lowest BCUT2D eigenvalue weighted by molar-refractivity contribution is -0.190. The highest BCUT2D eigenvalue weighted by molar-refractivity contribution is 6.06. The number of benzene rings is 3. The molecule has 2 unspecified atom stereocenters. The Labute approximate surface area is 202 Å². The van der Waals surface area contributed by atoms with Gasteiger partial charge in [0.2, 0.25) is 0 Å². The van der Waals surface area contributed by atoms with Crippen molar-refractivity contribution in [1.29, 1.82) is 0 Å². The molecule has 0 radical (unpaired) electrons. The van der Waals surface area contributed by atoms with E-state index in [1.165, 1.54) is 5.56 Å². The van der Waals surface area contributed by atoms with Gasteiger partial charge in [-0.2, -0.15) is 10.3 Å². The van der Waals surface area contributed by atoms with Crippen molar-refractivity contribution in [1.82, 2.24) is 15.1 Å². The molecule has 7 heteroatoms. The number of carbonyl (C=O) groups is 1. The van der Waals surface area contributed by atoms with Crippen LogP contribution in [-0.4, -0.2) is 38.5 Å². The van der Waals surface area contributed by atoms with E-state index < -0.39 is 5.97 Å². The molecule has 7 nitrogen and oxygen atoms in total. The third-order valence-corrected chi connectivity index (χ3v) is 6.77. The topological polar surface area (TPSA) is 87.9 Å². The molecule has 0 saturated carbocycles. The highest BCUT2D eigenvalue weighted by Crippen LogP contribution is 2.44. The molecule has 0 bridgehead atoms. The molecule has 2 heterocycles. The summed E-state index contributed by atoms with van der Waals surface area (Å²) in [5.41, 5.74) is 8.38. The monoisotopic (exact) mass is 464 g/mol. The van der Waals surface area contributed by atoms with Crippen molar-refractivity contribution < 1.29 is 14.7 Å². The van der Waals surface area contributed by atoms with E-state index in [2.05, 4.69) is 40.3 Å². The number of fused-ring (bicyclic) bond motifs is 4. The average molecular weight is 465 g/mol. The summed E-state index contributed by atoms with van der Waals surface area (Å²) in [4.78, 5) is 25.9. The molecule has 174 valence electrons. The van der Waals surface area contributed by atoms with E-state index in [4.69, 9.17) is 15.0 Å². The van der Waals surface area contributed by atoms with Crippen LogP contribution in [-0.2, 0) is 16.1 Å². The summed E-state index contributed by atoms with van der Waals surface area (Å²) < 4.78 is 0. The molecule has 2 aliphatic rings. The van der Waals surface area contributed by atoms with Crippen LogP contribution in [0.2, 0.25) is 0 Å². The van der Waals surface area contributed by atoms with Gasteiger partial charge in [-0.05, 0) is 53.3 Å².